The Hall–Kier alpha value is -1.26. The van der Waals surface area contributed by atoms with E-state index < -0.39 is 0 Å². The number of tetrazole rings is 1. The molecule has 5 nitrogen and oxygen atoms in total. The van der Waals surface area contributed by atoms with Crippen LogP contribution in [0.15, 0.2) is 0 Å². The van der Waals surface area contributed by atoms with Crippen molar-refractivity contribution in [1.82, 2.24) is 20.2 Å². The van der Waals surface area contributed by atoms with Gasteiger partial charge in [-0.2, -0.15) is 0 Å². The highest BCUT2D eigenvalue weighted by Crippen LogP contribution is 2.27. The van der Waals surface area contributed by atoms with Gasteiger partial charge in [0.2, 0.25) is 0 Å². The number of ketones is 1. The monoisotopic (exact) mass is 208 g/mol. The average Bonchev–Trinajstić information content (AvgIpc) is 2.66. The van der Waals surface area contributed by atoms with Gasteiger partial charge < -0.3 is 0 Å². The largest absolute Gasteiger partial charge is 0.300 e. The smallest absolute Gasteiger partial charge is 0.158 e. The van der Waals surface area contributed by atoms with Crippen molar-refractivity contribution in [2.45, 2.75) is 51.5 Å². The molecular weight excluding hydrogens is 192 g/mol. The predicted octanol–water partition coefficient (Wildman–Crippen LogP) is 1.31. The summed E-state index contributed by atoms with van der Waals surface area (Å²) in [4.78, 5) is 11.0. The topological polar surface area (TPSA) is 60.7 Å². The van der Waals surface area contributed by atoms with Gasteiger partial charge in [-0.1, -0.05) is 19.3 Å². The lowest BCUT2D eigenvalue weighted by Crippen LogP contribution is -2.18. The molecule has 0 spiro atoms. The van der Waals surface area contributed by atoms with Gasteiger partial charge in [-0.05, 0) is 30.2 Å². The first-order valence-electron chi connectivity index (χ1n) is 5.53. The third-order valence-electron chi connectivity index (χ3n) is 2.89. The van der Waals surface area contributed by atoms with Crippen LogP contribution in [-0.4, -0.2) is 26.0 Å². The first kappa shape index (κ1) is 10.3. The fraction of sp³-hybridized carbons (Fsp3) is 0.800. The average molecular weight is 208 g/mol. The molecule has 0 amide bonds. The molecule has 0 unspecified atom stereocenters. The molecule has 1 fully saturated rings. The van der Waals surface area contributed by atoms with Crippen LogP contribution in [0.25, 0.3) is 0 Å². The summed E-state index contributed by atoms with van der Waals surface area (Å²) in [6.07, 6.45) is 6.41. The third-order valence-corrected chi connectivity index (χ3v) is 2.89. The van der Waals surface area contributed by atoms with Crippen molar-refractivity contribution < 1.29 is 4.79 Å². The Morgan fingerprint density at radius 1 is 1.40 bits per heavy atom. The zero-order chi connectivity index (χ0) is 10.7. The third kappa shape index (κ3) is 2.40. The molecular formula is C10H16N4O. The molecule has 1 aromatic heterocycles. The summed E-state index contributed by atoms with van der Waals surface area (Å²) in [5, 5.41) is 11.6. The number of carbonyl (C=O) groups is 1. The van der Waals surface area contributed by atoms with Crippen molar-refractivity contribution in [3.05, 3.63) is 5.82 Å². The first-order chi connectivity index (χ1) is 7.27. The number of rotatable bonds is 3. The van der Waals surface area contributed by atoms with Gasteiger partial charge in [-0.15, -0.1) is 5.10 Å². The van der Waals surface area contributed by atoms with Crippen LogP contribution < -0.4 is 0 Å². The summed E-state index contributed by atoms with van der Waals surface area (Å²) >= 11 is 0. The maximum Gasteiger partial charge on any atom is 0.158 e. The lowest BCUT2D eigenvalue weighted by molar-refractivity contribution is -0.116. The van der Waals surface area contributed by atoms with Crippen LogP contribution in [-0.2, 0) is 11.2 Å². The summed E-state index contributed by atoms with van der Waals surface area (Å²) < 4.78 is 1.85. The zero-order valence-electron chi connectivity index (χ0n) is 9.02. The van der Waals surface area contributed by atoms with Crippen molar-refractivity contribution >= 4 is 5.78 Å². The lowest BCUT2D eigenvalue weighted by atomic mass is 9.95. The highest BCUT2D eigenvalue weighted by molar-refractivity contribution is 5.77. The van der Waals surface area contributed by atoms with E-state index in [0.717, 1.165) is 18.7 Å². The molecule has 0 aliphatic heterocycles. The number of aromatic nitrogens is 4. The van der Waals surface area contributed by atoms with E-state index in [1.807, 2.05) is 4.68 Å². The van der Waals surface area contributed by atoms with Crippen LogP contribution in [0.5, 0.6) is 0 Å². The molecule has 1 saturated carbocycles. The Kier molecular flexibility index (Phi) is 3.08. The van der Waals surface area contributed by atoms with Gasteiger partial charge in [0.15, 0.2) is 5.82 Å². The van der Waals surface area contributed by atoms with Crippen LogP contribution in [0.3, 0.4) is 0 Å². The number of nitrogens with zero attached hydrogens (tertiary/aromatic N) is 4. The second kappa shape index (κ2) is 4.51. The molecule has 0 aromatic carbocycles. The molecule has 0 N–H and O–H groups in total. The Morgan fingerprint density at radius 3 is 2.80 bits per heavy atom. The van der Waals surface area contributed by atoms with Crippen molar-refractivity contribution in [3.8, 4) is 0 Å². The number of hydrogen-bond acceptors (Lipinski definition) is 4. The Labute approximate surface area is 88.9 Å². The molecule has 82 valence electrons. The zero-order valence-corrected chi connectivity index (χ0v) is 9.02. The maximum atomic E-state index is 11.0. The SMILES string of the molecule is CC(=O)Cc1nnnn1C1CCCCC1. The Balaban J connectivity index is 2.12. The minimum Gasteiger partial charge on any atom is -0.300 e. The highest BCUT2D eigenvalue weighted by atomic mass is 16.1. The number of Topliss-reactive ketones (excluding diaryl/α,β-unsaturated/α-hetero) is 1. The van der Waals surface area contributed by atoms with Crippen molar-refractivity contribution in [2.24, 2.45) is 0 Å². The standard InChI is InChI=1S/C10H16N4O/c1-8(15)7-10-11-12-13-14(10)9-5-3-2-4-6-9/h9H,2-7H2,1H3. The van der Waals surface area contributed by atoms with Gasteiger partial charge in [0, 0.05) is 0 Å². The molecule has 1 aliphatic rings. The summed E-state index contributed by atoms with van der Waals surface area (Å²) in [6.45, 7) is 1.57. The molecule has 5 heteroatoms. The summed E-state index contributed by atoms with van der Waals surface area (Å²) in [5.41, 5.74) is 0. The van der Waals surface area contributed by atoms with E-state index in [-0.39, 0.29) is 5.78 Å². The van der Waals surface area contributed by atoms with Gasteiger partial charge >= 0.3 is 0 Å². The lowest BCUT2D eigenvalue weighted by Gasteiger charge is -2.22. The van der Waals surface area contributed by atoms with E-state index in [0.29, 0.717) is 12.5 Å². The molecule has 0 radical (unpaired) electrons. The van der Waals surface area contributed by atoms with E-state index in [4.69, 9.17) is 0 Å². The van der Waals surface area contributed by atoms with Gasteiger partial charge in [-0.25, -0.2) is 4.68 Å². The van der Waals surface area contributed by atoms with Gasteiger partial charge in [0.05, 0.1) is 12.5 Å². The van der Waals surface area contributed by atoms with Gasteiger partial charge in [-0.3, -0.25) is 4.79 Å². The number of carbonyl (C=O) groups excluding carboxylic acids is 1. The predicted molar refractivity (Wildman–Crippen MR) is 54.3 cm³/mol. The summed E-state index contributed by atoms with van der Waals surface area (Å²) in [5.74, 6) is 0.830. The molecule has 1 aromatic rings. The summed E-state index contributed by atoms with van der Waals surface area (Å²) in [7, 11) is 0. The van der Waals surface area contributed by atoms with Crippen molar-refractivity contribution in [2.75, 3.05) is 0 Å². The van der Waals surface area contributed by atoms with Crippen molar-refractivity contribution in [1.29, 1.82) is 0 Å². The molecule has 0 bridgehead atoms. The van der Waals surface area contributed by atoms with E-state index in [1.54, 1.807) is 6.92 Å². The molecule has 15 heavy (non-hydrogen) atoms. The van der Waals surface area contributed by atoms with Crippen LogP contribution >= 0.6 is 0 Å². The summed E-state index contributed by atoms with van der Waals surface area (Å²) in [6, 6.07) is 0.406. The Morgan fingerprint density at radius 2 is 2.13 bits per heavy atom. The van der Waals surface area contributed by atoms with Crippen molar-refractivity contribution in [3.63, 3.8) is 0 Å². The van der Waals surface area contributed by atoms with E-state index >= 15 is 0 Å². The minimum atomic E-state index is 0.113. The molecule has 1 aliphatic carbocycles. The fourth-order valence-corrected chi connectivity index (χ4v) is 2.16. The molecule has 0 atom stereocenters. The van der Waals surface area contributed by atoms with E-state index in [1.165, 1.54) is 19.3 Å². The normalized spacial score (nSPS) is 17.9. The minimum absolute atomic E-state index is 0.113. The molecule has 2 rings (SSSR count). The van der Waals surface area contributed by atoms with Crippen LogP contribution in [0, 0.1) is 0 Å². The number of hydrogen-bond donors (Lipinski definition) is 0. The van der Waals surface area contributed by atoms with Gasteiger partial charge in [0.25, 0.3) is 0 Å². The van der Waals surface area contributed by atoms with E-state index in [9.17, 15) is 4.79 Å². The van der Waals surface area contributed by atoms with E-state index in [2.05, 4.69) is 15.5 Å². The highest BCUT2D eigenvalue weighted by Gasteiger charge is 2.20. The fourth-order valence-electron chi connectivity index (χ4n) is 2.16. The second-order valence-corrected chi connectivity index (χ2v) is 4.21. The quantitative estimate of drug-likeness (QED) is 0.751. The van der Waals surface area contributed by atoms with Crippen LogP contribution in [0.2, 0.25) is 0 Å². The maximum absolute atomic E-state index is 11.0. The van der Waals surface area contributed by atoms with Crippen LogP contribution in [0.4, 0.5) is 0 Å². The van der Waals surface area contributed by atoms with Crippen LogP contribution in [0.1, 0.15) is 50.9 Å². The Bertz CT molecular complexity index is 341. The molecule has 1 heterocycles. The second-order valence-electron chi connectivity index (χ2n) is 4.21. The van der Waals surface area contributed by atoms with Gasteiger partial charge in [0.1, 0.15) is 5.78 Å². The first-order valence-corrected chi connectivity index (χ1v) is 5.53. The molecule has 0 saturated heterocycles.